The summed E-state index contributed by atoms with van der Waals surface area (Å²) in [4.78, 5) is 10.7. The van der Waals surface area contributed by atoms with E-state index in [0.717, 1.165) is 12.0 Å². The largest absolute Gasteiger partial charge is 0.481 e. The minimum absolute atomic E-state index is 0.165. The van der Waals surface area contributed by atoms with Crippen molar-refractivity contribution in [3.8, 4) is 0 Å². The highest BCUT2D eigenvalue weighted by Crippen LogP contribution is 2.27. The van der Waals surface area contributed by atoms with Crippen LogP contribution in [0.15, 0.2) is 24.3 Å². The lowest BCUT2D eigenvalue weighted by molar-refractivity contribution is -0.138. The summed E-state index contributed by atoms with van der Waals surface area (Å²) in [5.74, 6) is -0.750. The van der Waals surface area contributed by atoms with Gasteiger partial charge < -0.3 is 5.11 Å². The van der Waals surface area contributed by atoms with Crippen molar-refractivity contribution in [2.45, 2.75) is 39.0 Å². The van der Waals surface area contributed by atoms with Crippen molar-refractivity contribution >= 4 is 5.97 Å². The topological polar surface area (TPSA) is 37.3 Å². The molecule has 0 aromatic heterocycles. The van der Waals surface area contributed by atoms with Gasteiger partial charge in [-0.2, -0.15) is 0 Å². The van der Waals surface area contributed by atoms with E-state index < -0.39 is 5.97 Å². The summed E-state index contributed by atoms with van der Waals surface area (Å²) in [6.45, 7) is 6.03. The second-order valence-corrected chi connectivity index (χ2v) is 4.50. The minimum atomic E-state index is -0.750. The third-order valence-corrected chi connectivity index (χ3v) is 2.74. The Morgan fingerprint density at radius 1 is 1.27 bits per heavy atom. The number of carboxylic acid groups (broad SMARTS) is 1. The predicted octanol–water partition coefficient (Wildman–Crippen LogP) is 3.00. The van der Waals surface area contributed by atoms with Crippen molar-refractivity contribution in [1.29, 1.82) is 0 Å². The number of hydrogen-bond acceptors (Lipinski definition) is 1. The first-order valence-corrected chi connectivity index (χ1v) is 5.27. The molecule has 0 unspecified atom stereocenters. The van der Waals surface area contributed by atoms with Gasteiger partial charge in [0, 0.05) is 5.41 Å². The molecule has 0 saturated heterocycles. The van der Waals surface area contributed by atoms with Crippen LogP contribution in [0.5, 0.6) is 0 Å². The first-order chi connectivity index (χ1) is 6.95. The molecule has 0 aliphatic rings. The summed E-state index contributed by atoms with van der Waals surface area (Å²) in [5, 5.41) is 8.81. The number of carboxylic acids is 1. The van der Waals surface area contributed by atoms with Crippen LogP contribution in [-0.4, -0.2) is 11.1 Å². The third kappa shape index (κ3) is 3.08. The van der Waals surface area contributed by atoms with Crippen molar-refractivity contribution in [3.63, 3.8) is 0 Å². The second-order valence-electron chi connectivity index (χ2n) is 4.50. The highest BCUT2D eigenvalue weighted by molar-refractivity contribution is 5.68. The van der Waals surface area contributed by atoms with Gasteiger partial charge in [0.1, 0.15) is 0 Å². The number of aliphatic carboxylic acids is 1. The fourth-order valence-electron chi connectivity index (χ4n) is 1.67. The molecule has 0 saturated carbocycles. The number of aryl methyl sites for hydroxylation is 1. The zero-order valence-electron chi connectivity index (χ0n) is 9.58. The zero-order chi connectivity index (χ0) is 11.5. The van der Waals surface area contributed by atoms with E-state index in [-0.39, 0.29) is 11.8 Å². The molecule has 1 aromatic carbocycles. The summed E-state index contributed by atoms with van der Waals surface area (Å²) in [5.41, 5.74) is 2.07. The van der Waals surface area contributed by atoms with Crippen molar-refractivity contribution in [2.24, 2.45) is 0 Å². The Bertz CT molecular complexity index is 336. The highest BCUT2D eigenvalue weighted by atomic mass is 16.4. The first-order valence-electron chi connectivity index (χ1n) is 5.27. The lowest BCUT2D eigenvalue weighted by atomic mass is 9.81. The summed E-state index contributed by atoms with van der Waals surface area (Å²) < 4.78 is 0. The Labute approximate surface area is 90.9 Å². The molecule has 1 N–H and O–H groups in total. The molecule has 0 radical (unpaired) electrons. The van der Waals surface area contributed by atoms with E-state index >= 15 is 0 Å². The smallest absolute Gasteiger partial charge is 0.304 e. The van der Waals surface area contributed by atoms with E-state index in [9.17, 15) is 4.79 Å². The van der Waals surface area contributed by atoms with Gasteiger partial charge in [-0.25, -0.2) is 0 Å². The molecule has 1 rings (SSSR count). The Kier molecular flexibility index (Phi) is 3.51. The van der Waals surface area contributed by atoms with Crippen LogP contribution in [0.3, 0.4) is 0 Å². The molecule has 0 amide bonds. The predicted molar refractivity (Wildman–Crippen MR) is 61.1 cm³/mol. The number of hydrogen-bond donors (Lipinski definition) is 1. The van der Waals surface area contributed by atoms with Crippen LogP contribution >= 0.6 is 0 Å². The van der Waals surface area contributed by atoms with Gasteiger partial charge in [-0.05, 0) is 17.5 Å². The fraction of sp³-hybridized carbons (Fsp3) is 0.462. The summed E-state index contributed by atoms with van der Waals surface area (Å²) in [7, 11) is 0. The molecule has 0 bridgehead atoms. The van der Waals surface area contributed by atoms with E-state index in [0.29, 0.717) is 0 Å². The zero-order valence-corrected chi connectivity index (χ0v) is 9.58. The van der Waals surface area contributed by atoms with E-state index in [2.05, 4.69) is 19.1 Å². The van der Waals surface area contributed by atoms with Crippen LogP contribution in [-0.2, 0) is 16.6 Å². The molecule has 0 aliphatic heterocycles. The Morgan fingerprint density at radius 3 is 2.20 bits per heavy atom. The molecule has 0 spiro atoms. The van der Waals surface area contributed by atoms with E-state index in [1.807, 2.05) is 26.0 Å². The van der Waals surface area contributed by atoms with Crippen LogP contribution in [0.25, 0.3) is 0 Å². The number of carbonyl (C=O) groups is 1. The van der Waals surface area contributed by atoms with Crippen LogP contribution in [0.4, 0.5) is 0 Å². The Morgan fingerprint density at radius 2 is 1.80 bits per heavy atom. The second kappa shape index (κ2) is 4.47. The van der Waals surface area contributed by atoms with Crippen LogP contribution in [0, 0.1) is 0 Å². The summed E-state index contributed by atoms with van der Waals surface area (Å²) >= 11 is 0. The SMILES string of the molecule is CCc1ccc(C(C)(C)CC(=O)O)cc1. The maximum absolute atomic E-state index is 10.7. The summed E-state index contributed by atoms with van der Waals surface area (Å²) in [6, 6.07) is 8.20. The monoisotopic (exact) mass is 206 g/mol. The number of benzene rings is 1. The molecule has 0 atom stereocenters. The minimum Gasteiger partial charge on any atom is -0.481 e. The van der Waals surface area contributed by atoms with Crippen molar-refractivity contribution in [1.82, 2.24) is 0 Å². The summed E-state index contributed by atoms with van der Waals surface area (Å²) in [6.07, 6.45) is 1.18. The van der Waals surface area contributed by atoms with Gasteiger partial charge in [0.25, 0.3) is 0 Å². The van der Waals surface area contributed by atoms with Gasteiger partial charge in [-0.1, -0.05) is 45.0 Å². The first kappa shape index (κ1) is 11.8. The molecule has 2 nitrogen and oxygen atoms in total. The van der Waals surface area contributed by atoms with Gasteiger partial charge in [-0.15, -0.1) is 0 Å². The number of rotatable bonds is 4. The lowest BCUT2D eigenvalue weighted by Crippen LogP contribution is -2.21. The average molecular weight is 206 g/mol. The van der Waals surface area contributed by atoms with Gasteiger partial charge in [0.2, 0.25) is 0 Å². The van der Waals surface area contributed by atoms with E-state index in [1.165, 1.54) is 5.56 Å². The molecular formula is C13H18O2. The fourth-order valence-corrected chi connectivity index (χ4v) is 1.67. The van der Waals surface area contributed by atoms with Crippen molar-refractivity contribution < 1.29 is 9.90 Å². The maximum Gasteiger partial charge on any atom is 0.304 e. The highest BCUT2D eigenvalue weighted by Gasteiger charge is 2.23. The Balaban J connectivity index is 2.89. The molecule has 1 aromatic rings. The molecule has 2 heteroatoms. The third-order valence-electron chi connectivity index (χ3n) is 2.74. The molecular weight excluding hydrogens is 188 g/mol. The Hall–Kier alpha value is -1.31. The maximum atomic E-state index is 10.7. The molecule has 0 aliphatic carbocycles. The normalized spacial score (nSPS) is 11.4. The van der Waals surface area contributed by atoms with Gasteiger partial charge >= 0.3 is 5.97 Å². The average Bonchev–Trinajstić information content (AvgIpc) is 2.16. The van der Waals surface area contributed by atoms with Crippen LogP contribution in [0.1, 0.15) is 38.3 Å². The van der Waals surface area contributed by atoms with E-state index in [1.54, 1.807) is 0 Å². The van der Waals surface area contributed by atoms with Gasteiger partial charge in [0.15, 0.2) is 0 Å². The van der Waals surface area contributed by atoms with Crippen molar-refractivity contribution in [2.75, 3.05) is 0 Å². The molecule has 15 heavy (non-hydrogen) atoms. The molecule has 82 valence electrons. The van der Waals surface area contributed by atoms with Gasteiger partial charge in [-0.3, -0.25) is 4.79 Å². The molecule has 0 fully saturated rings. The van der Waals surface area contributed by atoms with E-state index in [4.69, 9.17) is 5.11 Å². The molecule has 0 heterocycles. The standard InChI is InChI=1S/C13H18O2/c1-4-10-5-7-11(8-6-10)13(2,3)9-12(14)15/h5-8H,4,9H2,1-3H3,(H,14,15). The quantitative estimate of drug-likeness (QED) is 0.822. The van der Waals surface area contributed by atoms with Crippen LogP contribution in [0.2, 0.25) is 0 Å². The van der Waals surface area contributed by atoms with Crippen LogP contribution < -0.4 is 0 Å². The van der Waals surface area contributed by atoms with Crippen molar-refractivity contribution in [3.05, 3.63) is 35.4 Å². The lowest BCUT2D eigenvalue weighted by Gasteiger charge is -2.23. The van der Waals surface area contributed by atoms with Gasteiger partial charge in [0.05, 0.1) is 6.42 Å².